The quantitative estimate of drug-likeness (QED) is 0.133. The molecule has 11 aromatic rings. The summed E-state index contributed by atoms with van der Waals surface area (Å²) >= 11 is 0. The maximum atomic E-state index is 13.0. The molecule has 5 aromatic carbocycles. The van der Waals surface area contributed by atoms with Crippen LogP contribution in [-0.2, 0) is 13.1 Å². The Balaban J connectivity index is 0.000000153. The van der Waals surface area contributed by atoms with Gasteiger partial charge in [0.15, 0.2) is 34.0 Å². The Hall–Kier alpha value is -9.96. The van der Waals surface area contributed by atoms with Gasteiger partial charge in [-0.15, -0.1) is 0 Å². The molecule has 14 rings (SSSR count). The molecule has 2 saturated heterocycles. The van der Waals surface area contributed by atoms with Gasteiger partial charge in [-0.2, -0.15) is 30.1 Å². The van der Waals surface area contributed by atoms with Crippen LogP contribution in [-0.4, -0.2) is 151 Å². The Kier molecular flexibility index (Phi) is 12.2. The zero-order chi connectivity index (χ0) is 52.9. The van der Waals surface area contributed by atoms with Crippen molar-refractivity contribution in [1.82, 2.24) is 63.5 Å². The number of carbonyl (C=O) groups is 2. The highest BCUT2D eigenvalue weighted by Gasteiger charge is 2.35. The van der Waals surface area contributed by atoms with Crippen LogP contribution in [0.5, 0.6) is 11.5 Å². The third kappa shape index (κ3) is 8.72. The number of nitrogens with two attached hydrogens (primary N) is 1. The SMILES string of the molecule is NCCn1cnc2c(-n3ncc4ccccc43)nc(N3CCN(c4ccc(O)cc4)CC3)nc21.O=C1c2ccccc2C(=O)N1CCn1cnc2c(-n3ncc4ccccc43)nc(N3CCN(c4ccc(O)cc4)CC3)nc21. The molecule has 0 saturated carbocycles. The first-order valence-electron chi connectivity index (χ1n) is 25.8. The van der Waals surface area contributed by atoms with Crippen LogP contribution in [0.1, 0.15) is 20.7 Å². The molecule has 0 bridgehead atoms. The molecule has 3 aliphatic heterocycles. The van der Waals surface area contributed by atoms with Crippen LogP contribution >= 0.6 is 0 Å². The average molecular weight is 1040 g/mol. The number of imide groups is 1. The first kappa shape index (κ1) is 47.7. The van der Waals surface area contributed by atoms with Crippen molar-refractivity contribution < 1.29 is 19.8 Å². The van der Waals surface area contributed by atoms with Gasteiger partial charge in [0.05, 0.1) is 47.2 Å². The van der Waals surface area contributed by atoms with Crippen LogP contribution in [0.4, 0.5) is 23.3 Å². The topological polar surface area (TPSA) is 240 Å². The zero-order valence-electron chi connectivity index (χ0n) is 42.2. The number of benzene rings is 5. The second kappa shape index (κ2) is 20.0. The summed E-state index contributed by atoms with van der Waals surface area (Å²) in [6.07, 6.45) is 7.10. The summed E-state index contributed by atoms with van der Waals surface area (Å²) in [5.41, 5.74) is 13.3. The number of nitrogens with zero attached hydrogens (tertiary/aromatic N) is 17. The van der Waals surface area contributed by atoms with Gasteiger partial charge in [0, 0.05) is 101 Å². The fraction of sp³-hybridized carbons (Fsp3) is 0.214. The normalized spacial score (nSPS) is 14.8. The number of amides is 2. The maximum absolute atomic E-state index is 13.0. The van der Waals surface area contributed by atoms with Crippen molar-refractivity contribution in [2.24, 2.45) is 5.73 Å². The van der Waals surface area contributed by atoms with Crippen molar-refractivity contribution in [1.29, 1.82) is 0 Å². The third-order valence-electron chi connectivity index (χ3n) is 14.6. The lowest BCUT2D eigenvalue weighted by molar-refractivity contribution is 0.0649. The molecule has 2 fully saturated rings. The van der Waals surface area contributed by atoms with Gasteiger partial charge in [-0.25, -0.2) is 19.3 Å². The second-order valence-electron chi connectivity index (χ2n) is 19.2. The molecule has 3 aliphatic rings. The third-order valence-corrected chi connectivity index (χ3v) is 14.6. The first-order chi connectivity index (χ1) is 38.3. The number of rotatable bonds is 11. The average Bonchev–Trinajstić information content (AvgIpc) is 4.47. The minimum absolute atomic E-state index is 0.183. The van der Waals surface area contributed by atoms with Gasteiger partial charge in [0.1, 0.15) is 11.5 Å². The standard InChI is InChI=1S/C32H27N9O3.C24H25N9O/c42-23-11-9-22(10-12-23)37-13-15-38(16-14-37)32-35-28-27(29(36-32)41-26-8-4-1-5-21(26)19-34-41)33-20-39(28)17-18-40-30(43)24-6-2-3-7-25(24)31(40)44;25-9-10-32-16-26-21-22(32)28-24(29-23(21)33-20-4-2-1-3-17(20)15-27-33)31-13-11-30(12-14-31)18-5-7-19(34)8-6-18/h1-12,19-20,42H,13-18H2;1-8,15-16,34H,9-14,25H2. The van der Waals surface area contributed by atoms with E-state index in [0.29, 0.717) is 84.1 Å². The van der Waals surface area contributed by atoms with Crippen molar-refractivity contribution in [2.45, 2.75) is 13.1 Å². The number of carbonyl (C=O) groups excluding carboxylic acids is 2. The molecule has 6 aromatic heterocycles. The zero-order valence-corrected chi connectivity index (χ0v) is 42.2. The van der Waals surface area contributed by atoms with Gasteiger partial charge in [-0.1, -0.05) is 48.5 Å². The Morgan fingerprint density at radius 2 is 0.872 bits per heavy atom. The van der Waals surface area contributed by atoms with Crippen molar-refractivity contribution in [3.05, 3.63) is 158 Å². The van der Waals surface area contributed by atoms with E-state index in [1.165, 1.54) is 4.90 Å². The van der Waals surface area contributed by atoms with Gasteiger partial charge >= 0.3 is 0 Å². The molecule has 9 heterocycles. The number of para-hydroxylation sites is 2. The van der Waals surface area contributed by atoms with E-state index in [9.17, 15) is 19.8 Å². The summed E-state index contributed by atoms with van der Waals surface area (Å²) in [7, 11) is 0. The number of imidazole rings is 2. The van der Waals surface area contributed by atoms with E-state index < -0.39 is 0 Å². The van der Waals surface area contributed by atoms with E-state index in [2.05, 4.69) is 34.8 Å². The first-order valence-corrected chi connectivity index (χ1v) is 25.8. The van der Waals surface area contributed by atoms with E-state index in [0.717, 1.165) is 78.1 Å². The maximum Gasteiger partial charge on any atom is 0.261 e. The minimum Gasteiger partial charge on any atom is -0.508 e. The molecule has 22 nitrogen and oxygen atoms in total. The van der Waals surface area contributed by atoms with Gasteiger partial charge < -0.3 is 44.7 Å². The number of piperazine rings is 2. The highest BCUT2D eigenvalue weighted by molar-refractivity contribution is 6.21. The number of hydrogen-bond donors (Lipinski definition) is 3. The molecule has 0 unspecified atom stereocenters. The summed E-state index contributed by atoms with van der Waals surface area (Å²) in [5.74, 6) is 2.38. The van der Waals surface area contributed by atoms with Crippen LogP contribution in [0, 0.1) is 0 Å². The largest absolute Gasteiger partial charge is 0.508 e. The molecule has 0 atom stereocenters. The van der Waals surface area contributed by atoms with Crippen molar-refractivity contribution in [3.63, 3.8) is 0 Å². The van der Waals surface area contributed by atoms with Crippen molar-refractivity contribution in [3.8, 4) is 23.1 Å². The smallest absolute Gasteiger partial charge is 0.261 e. The van der Waals surface area contributed by atoms with Crippen LogP contribution in [0.25, 0.3) is 55.8 Å². The molecule has 22 heteroatoms. The Morgan fingerprint density at radius 3 is 1.32 bits per heavy atom. The molecule has 4 N–H and O–H groups in total. The molecule has 78 heavy (non-hydrogen) atoms. The summed E-state index contributed by atoms with van der Waals surface area (Å²) in [6, 6.07) is 37.4. The predicted octanol–water partition coefficient (Wildman–Crippen LogP) is 5.65. The lowest BCUT2D eigenvalue weighted by atomic mass is 10.1. The van der Waals surface area contributed by atoms with Gasteiger partial charge in [0.25, 0.3) is 11.8 Å². The monoisotopic (exact) mass is 1040 g/mol. The molecular weight excluding hydrogens is 989 g/mol. The van der Waals surface area contributed by atoms with E-state index in [-0.39, 0.29) is 29.9 Å². The van der Waals surface area contributed by atoms with Crippen LogP contribution in [0.3, 0.4) is 0 Å². The molecule has 390 valence electrons. The second-order valence-corrected chi connectivity index (χ2v) is 19.2. The van der Waals surface area contributed by atoms with Gasteiger partial charge in [-0.3, -0.25) is 14.5 Å². The number of aromatic nitrogens is 12. The van der Waals surface area contributed by atoms with E-state index >= 15 is 0 Å². The number of hydrogen-bond acceptors (Lipinski definition) is 17. The molecular formula is C56H52N18O4. The lowest BCUT2D eigenvalue weighted by Gasteiger charge is -2.36. The summed E-state index contributed by atoms with van der Waals surface area (Å²) in [4.78, 5) is 65.3. The van der Waals surface area contributed by atoms with E-state index in [1.54, 1.807) is 72.1 Å². The highest BCUT2D eigenvalue weighted by Crippen LogP contribution is 2.30. The summed E-state index contributed by atoms with van der Waals surface area (Å²) < 4.78 is 7.47. The number of phenols is 2. The van der Waals surface area contributed by atoms with E-state index in [4.69, 9.17) is 30.7 Å². The van der Waals surface area contributed by atoms with Gasteiger partial charge in [0.2, 0.25) is 11.9 Å². The fourth-order valence-corrected chi connectivity index (χ4v) is 10.5. The lowest BCUT2D eigenvalue weighted by Crippen LogP contribution is -2.47. The minimum atomic E-state index is -0.291. The summed E-state index contributed by atoms with van der Waals surface area (Å²) in [6.45, 7) is 7.72. The van der Waals surface area contributed by atoms with Crippen LogP contribution < -0.4 is 25.3 Å². The predicted molar refractivity (Wildman–Crippen MR) is 296 cm³/mol. The van der Waals surface area contributed by atoms with Crippen LogP contribution in [0.15, 0.2) is 146 Å². The van der Waals surface area contributed by atoms with E-state index in [1.807, 2.05) is 92.8 Å². The fourth-order valence-electron chi connectivity index (χ4n) is 10.5. The highest BCUT2D eigenvalue weighted by atomic mass is 16.3. The summed E-state index contributed by atoms with van der Waals surface area (Å²) in [5, 5.41) is 30.6. The Bertz CT molecular complexity index is 3990. The Morgan fingerprint density at radius 1 is 0.462 bits per heavy atom. The molecule has 0 spiro atoms. The molecule has 2 amide bonds. The Labute approximate surface area is 445 Å². The number of aromatic hydroxyl groups is 2. The number of anilines is 4. The van der Waals surface area contributed by atoms with Crippen molar-refractivity contribution >= 4 is 79.2 Å². The molecule has 0 aliphatic carbocycles. The number of fused-ring (bicyclic) bond motifs is 5. The van der Waals surface area contributed by atoms with Crippen LogP contribution in [0.2, 0.25) is 0 Å². The van der Waals surface area contributed by atoms with Gasteiger partial charge in [-0.05, 0) is 72.8 Å². The van der Waals surface area contributed by atoms with Crippen molar-refractivity contribution in [2.75, 3.05) is 85.0 Å². The number of phenolic OH excluding ortho intramolecular Hbond substituents is 2. The molecule has 0 radical (unpaired) electrons.